The van der Waals surface area contributed by atoms with Crippen LogP contribution >= 0.6 is 0 Å². The fourth-order valence-electron chi connectivity index (χ4n) is 0.943. The number of halogens is 9. The lowest BCUT2D eigenvalue weighted by atomic mass is 9.86. The zero-order chi connectivity index (χ0) is 15.8. The Morgan fingerprint density at radius 1 is 1.05 bits per heavy atom. The van der Waals surface area contributed by atoms with Crippen LogP contribution in [0.3, 0.4) is 0 Å². The van der Waals surface area contributed by atoms with Crippen molar-refractivity contribution in [2.24, 2.45) is 5.41 Å². The van der Waals surface area contributed by atoms with Crippen LogP contribution in [0.25, 0.3) is 0 Å². The fourth-order valence-corrected chi connectivity index (χ4v) is 0.943. The summed E-state index contributed by atoms with van der Waals surface area (Å²) in [5, 5.41) is 8.06. The molecule has 0 heterocycles. The minimum Gasteiger partial charge on any atom is -0.478 e. The van der Waals surface area contributed by atoms with Gasteiger partial charge < -0.3 is 5.11 Å². The summed E-state index contributed by atoms with van der Waals surface area (Å²) in [6.45, 7) is -0.554. The SMILES string of the molecule is CC(C(F)=C(C(=O)O)C(F)(F)F)(C(F)F)C(F)(F)F. The van der Waals surface area contributed by atoms with Crippen molar-refractivity contribution >= 4 is 5.97 Å². The van der Waals surface area contributed by atoms with Crippen LogP contribution in [0.15, 0.2) is 11.4 Å². The van der Waals surface area contributed by atoms with Gasteiger partial charge in [0.05, 0.1) is 0 Å². The van der Waals surface area contributed by atoms with Crippen LogP contribution in [0.5, 0.6) is 0 Å². The van der Waals surface area contributed by atoms with E-state index >= 15 is 0 Å². The maximum absolute atomic E-state index is 13.2. The highest BCUT2D eigenvalue weighted by Crippen LogP contribution is 2.51. The van der Waals surface area contributed by atoms with E-state index in [4.69, 9.17) is 5.11 Å². The van der Waals surface area contributed by atoms with E-state index in [0.29, 0.717) is 0 Å². The molecule has 0 spiro atoms. The van der Waals surface area contributed by atoms with Crippen LogP contribution in [0, 0.1) is 5.41 Å². The minimum absolute atomic E-state index is 0.554. The van der Waals surface area contributed by atoms with Gasteiger partial charge in [-0.2, -0.15) is 26.3 Å². The van der Waals surface area contributed by atoms with Crippen LogP contribution in [-0.2, 0) is 4.79 Å². The maximum Gasteiger partial charge on any atom is 0.425 e. The summed E-state index contributed by atoms with van der Waals surface area (Å²) in [6.07, 6.45) is -16.8. The molecule has 19 heavy (non-hydrogen) atoms. The molecule has 1 atom stereocenters. The largest absolute Gasteiger partial charge is 0.478 e. The number of carbonyl (C=O) groups is 1. The molecule has 0 aromatic carbocycles. The second-order valence-electron chi connectivity index (χ2n) is 3.49. The Labute approximate surface area is 99.0 Å². The minimum atomic E-state index is -6.11. The Bertz CT molecular complexity index is 392. The first-order valence-corrected chi connectivity index (χ1v) is 4.23. The molecule has 1 N–H and O–H groups in total. The standard InChI is InChI=1S/C8H5F9O2/c1-6(5(10)11,8(15,16)17)3(9)2(4(18)19)7(12,13)14/h5H,1H3,(H,18,19). The van der Waals surface area contributed by atoms with Gasteiger partial charge in [0.1, 0.15) is 5.83 Å². The van der Waals surface area contributed by atoms with Gasteiger partial charge in [0.2, 0.25) is 0 Å². The van der Waals surface area contributed by atoms with Gasteiger partial charge >= 0.3 is 18.3 Å². The lowest BCUT2D eigenvalue weighted by Crippen LogP contribution is -2.44. The van der Waals surface area contributed by atoms with Crippen molar-refractivity contribution in [1.82, 2.24) is 0 Å². The van der Waals surface area contributed by atoms with Gasteiger partial charge in [-0.25, -0.2) is 18.0 Å². The maximum atomic E-state index is 13.2. The van der Waals surface area contributed by atoms with Crippen molar-refractivity contribution in [1.29, 1.82) is 0 Å². The Morgan fingerprint density at radius 3 is 1.58 bits per heavy atom. The number of rotatable bonds is 3. The first-order chi connectivity index (χ1) is 8.17. The quantitative estimate of drug-likeness (QED) is 0.638. The van der Waals surface area contributed by atoms with E-state index < -0.39 is 48.5 Å². The molecule has 0 radical (unpaired) electrons. The van der Waals surface area contributed by atoms with Crippen molar-refractivity contribution in [2.75, 3.05) is 0 Å². The van der Waals surface area contributed by atoms with E-state index in [1.54, 1.807) is 0 Å². The smallest absolute Gasteiger partial charge is 0.425 e. The summed E-state index contributed by atoms with van der Waals surface area (Å²) in [5.74, 6) is -6.61. The number of carboxylic acids is 1. The molecule has 0 bridgehead atoms. The highest BCUT2D eigenvalue weighted by Gasteiger charge is 2.64. The molecule has 2 nitrogen and oxygen atoms in total. The molecule has 0 aliphatic carbocycles. The molecule has 0 aliphatic rings. The zero-order valence-corrected chi connectivity index (χ0v) is 8.83. The number of carboxylic acid groups (broad SMARTS) is 1. The molecule has 1 unspecified atom stereocenters. The third-order valence-electron chi connectivity index (χ3n) is 2.20. The number of hydrogen-bond donors (Lipinski definition) is 1. The summed E-state index contributed by atoms with van der Waals surface area (Å²) in [5.41, 5.74) is -8.18. The molecular formula is C8H5F9O2. The van der Waals surface area contributed by atoms with Crippen molar-refractivity contribution in [3.8, 4) is 0 Å². The molecular weight excluding hydrogens is 299 g/mol. The van der Waals surface area contributed by atoms with Crippen molar-refractivity contribution in [3.63, 3.8) is 0 Å². The number of alkyl halides is 8. The third kappa shape index (κ3) is 3.13. The van der Waals surface area contributed by atoms with Gasteiger partial charge in [0.25, 0.3) is 6.43 Å². The van der Waals surface area contributed by atoms with Crippen LogP contribution in [0.4, 0.5) is 39.5 Å². The second kappa shape index (κ2) is 4.93. The predicted octanol–water partition coefficient (Wildman–Crippen LogP) is 3.69. The molecule has 11 heteroatoms. The normalized spacial score (nSPS) is 18.1. The molecule has 112 valence electrons. The van der Waals surface area contributed by atoms with Crippen LogP contribution in [-0.4, -0.2) is 29.9 Å². The van der Waals surface area contributed by atoms with Crippen molar-refractivity contribution in [2.45, 2.75) is 25.7 Å². The second-order valence-corrected chi connectivity index (χ2v) is 3.49. The number of allylic oxidation sites excluding steroid dienone is 1. The molecule has 0 aromatic rings. The topological polar surface area (TPSA) is 37.3 Å². The van der Waals surface area contributed by atoms with E-state index in [1.165, 1.54) is 0 Å². The van der Waals surface area contributed by atoms with Crippen LogP contribution in [0.2, 0.25) is 0 Å². The molecule has 0 aliphatic heterocycles. The van der Waals surface area contributed by atoms with Gasteiger partial charge in [-0.05, 0) is 6.92 Å². The summed E-state index contributed by atoms with van der Waals surface area (Å²) in [7, 11) is 0. The zero-order valence-electron chi connectivity index (χ0n) is 8.83. The summed E-state index contributed by atoms with van der Waals surface area (Å²) in [4.78, 5) is 10.2. The van der Waals surface area contributed by atoms with E-state index in [1.807, 2.05) is 0 Å². The van der Waals surface area contributed by atoms with E-state index in [9.17, 15) is 44.3 Å². The summed E-state index contributed by atoms with van der Waals surface area (Å²) in [6, 6.07) is 0. The summed E-state index contributed by atoms with van der Waals surface area (Å²) >= 11 is 0. The van der Waals surface area contributed by atoms with Gasteiger partial charge in [0.15, 0.2) is 11.0 Å². The first-order valence-electron chi connectivity index (χ1n) is 4.23. The van der Waals surface area contributed by atoms with E-state index in [0.717, 1.165) is 0 Å². The fraction of sp³-hybridized carbons (Fsp3) is 0.625. The Morgan fingerprint density at radius 2 is 1.42 bits per heavy atom. The van der Waals surface area contributed by atoms with Gasteiger partial charge in [-0.15, -0.1) is 0 Å². The number of aliphatic carboxylic acids is 1. The molecule has 0 saturated carbocycles. The average molecular weight is 304 g/mol. The molecule has 0 rings (SSSR count). The highest BCUT2D eigenvalue weighted by atomic mass is 19.4. The average Bonchev–Trinajstić information content (AvgIpc) is 2.10. The third-order valence-corrected chi connectivity index (χ3v) is 2.20. The molecule has 0 fully saturated rings. The van der Waals surface area contributed by atoms with Gasteiger partial charge in [0, 0.05) is 0 Å². The molecule has 0 amide bonds. The van der Waals surface area contributed by atoms with Crippen LogP contribution in [0.1, 0.15) is 6.92 Å². The summed E-state index contributed by atoms with van der Waals surface area (Å²) < 4.78 is 111. The van der Waals surface area contributed by atoms with Gasteiger partial charge in [-0.3, -0.25) is 0 Å². The lowest BCUT2D eigenvalue weighted by molar-refractivity contribution is -0.247. The van der Waals surface area contributed by atoms with Crippen LogP contribution < -0.4 is 0 Å². The van der Waals surface area contributed by atoms with Crippen molar-refractivity contribution < 1.29 is 49.4 Å². The van der Waals surface area contributed by atoms with Gasteiger partial charge in [-0.1, -0.05) is 0 Å². The van der Waals surface area contributed by atoms with E-state index in [2.05, 4.69) is 0 Å². The first kappa shape index (κ1) is 17.6. The predicted molar refractivity (Wildman–Crippen MR) is 42.0 cm³/mol. The number of hydrogen-bond acceptors (Lipinski definition) is 1. The van der Waals surface area contributed by atoms with E-state index in [-0.39, 0.29) is 0 Å². The Balaban J connectivity index is 6.33. The Hall–Kier alpha value is -1.42. The van der Waals surface area contributed by atoms with Crippen molar-refractivity contribution in [3.05, 3.63) is 11.4 Å². The monoisotopic (exact) mass is 304 g/mol. The highest BCUT2D eigenvalue weighted by molar-refractivity contribution is 5.89. The lowest BCUT2D eigenvalue weighted by Gasteiger charge is -2.30. The molecule has 0 aromatic heterocycles. The Kier molecular flexibility index (Phi) is 4.56. The molecule has 0 saturated heterocycles.